The number of benzene rings is 1. The minimum Gasteiger partial charge on any atom is -0.360 e. The van der Waals surface area contributed by atoms with E-state index in [-0.39, 0.29) is 17.1 Å². The summed E-state index contributed by atoms with van der Waals surface area (Å²) in [7, 11) is 0. The van der Waals surface area contributed by atoms with Crippen LogP contribution in [-0.4, -0.2) is 16.3 Å². The van der Waals surface area contributed by atoms with Crippen molar-refractivity contribution in [2.24, 2.45) is 5.92 Å². The number of amides is 1. The summed E-state index contributed by atoms with van der Waals surface area (Å²) >= 11 is 4.99. The molecule has 0 aliphatic heterocycles. The average molecular weight is 369 g/mol. The summed E-state index contributed by atoms with van der Waals surface area (Å²) in [5.41, 5.74) is 0. The van der Waals surface area contributed by atoms with Gasteiger partial charge < -0.3 is 9.84 Å². The van der Waals surface area contributed by atoms with Gasteiger partial charge in [0.05, 0.1) is 5.25 Å². The molecular weight excluding hydrogens is 352 g/mol. The van der Waals surface area contributed by atoms with E-state index in [0.717, 1.165) is 9.37 Å². The van der Waals surface area contributed by atoms with Gasteiger partial charge in [0.15, 0.2) is 5.82 Å². The molecule has 21 heavy (non-hydrogen) atoms. The predicted molar refractivity (Wildman–Crippen MR) is 88.5 cm³/mol. The molecule has 2 rings (SSSR count). The summed E-state index contributed by atoms with van der Waals surface area (Å²) in [6.45, 7) is 5.85. The smallest absolute Gasteiger partial charge is 0.239 e. The third kappa shape index (κ3) is 4.61. The summed E-state index contributed by atoms with van der Waals surface area (Å²) < 4.78 is 5.96. The molecule has 112 valence electrons. The summed E-state index contributed by atoms with van der Waals surface area (Å²) in [5, 5.41) is 6.40. The van der Waals surface area contributed by atoms with Crippen LogP contribution in [0.4, 0.5) is 5.82 Å². The highest BCUT2D eigenvalue weighted by Crippen LogP contribution is 2.30. The van der Waals surface area contributed by atoms with Crippen molar-refractivity contribution in [1.29, 1.82) is 0 Å². The summed E-state index contributed by atoms with van der Waals surface area (Å²) in [6.07, 6.45) is 0. The van der Waals surface area contributed by atoms with Crippen LogP contribution in [-0.2, 0) is 4.79 Å². The molecule has 2 aromatic rings. The molecule has 0 saturated heterocycles. The lowest BCUT2D eigenvalue weighted by atomic mass is 10.1. The Bertz CT molecular complexity index is 628. The standard InChI is InChI=1S/C15H17BrN2O2S/c1-9(2)14(21-12-6-4-5-11(16)8-12)15(19)17-13-7-10(3)20-18-13/h4-9,14H,1-3H3,(H,17,18,19). The van der Waals surface area contributed by atoms with Gasteiger partial charge in [-0.25, -0.2) is 0 Å². The van der Waals surface area contributed by atoms with Crippen LogP contribution in [0.3, 0.4) is 0 Å². The average Bonchev–Trinajstić information content (AvgIpc) is 2.81. The van der Waals surface area contributed by atoms with Crippen LogP contribution in [0.15, 0.2) is 44.2 Å². The van der Waals surface area contributed by atoms with Gasteiger partial charge in [-0.3, -0.25) is 4.79 Å². The van der Waals surface area contributed by atoms with E-state index in [2.05, 4.69) is 26.4 Å². The van der Waals surface area contributed by atoms with Crippen molar-refractivity contribution in [2.75, 3.05) is 5.32 Å². The molecule has 1 N–H and O–H groups in total. The fraction of sp³-hybridized carbons (Fsp3) is 0.333. The van der Waals surface area contributed by atoms with Gasteiger partial charge in [0.1, 0.15) is 5.76 Å². The third-order valence-electron chi connectivity index (χ3n) is 2.80. The first-order chi connectivity index (χ1) is 9.95. The van der Waals surface area contributed by atoms with E-state index in [9.17, 15) is 4.79 Å². The van der Waals surface area contributed by atoms with Gasteiger partial charge in [-0.05, 0) is 31.0 Å². The van der Waals surface area contributed by atoms with Gasteiger partial charge in [-0.1, -0.05) is 41.0 Å². The Hall–Kier alpha value is -1.27. The van der Waals surface area contributed by atoms with Gasteiger partial charge in [0, 0.05) is 15.4 Å². The van der Waals surface area contributed by atoms with Crippen molar-refractivity contribution in [3.8, 4) is 0 Å². The van der Waals surface area contributed by atoms with Crippen molar-refractivity contribution in [1.82, 2.24) is 5.16 Å². The fourth-order valence-electron chi connectivity index (χ4n) is 1.80. The summed E-state index contributed by atoms with van der Waals surface area (Å²) in [5.74, 6) is 1.26. The second-order valence-corrected chi connectivity index (χ2v) is 7.18. The van der Waals surface area contributed by atoms with E-state index in [1.54, 1.807) is 24.8 Å². The highest BCUT2D eigenvalue weighted by Gasteiger charge is 2.24. The molecule has 0 spiro atoms. The second-order valence-electron chi connectivity index (χ2n) is 5.05. The molecule has 6 heteroatoms. The van der Waals surface area contributed by atoms with Crippen LogP contribution in [0.2, 0.25) is 0 Å². The monoisotopic (exact) mass is 368 g/mol. The van der Waals surface area contributed by atoms with E-state index in [4.69, 9.17) is 4.52 Å². The normalized spacial score (nSPS) is 12.4. The van der Waals surface area contributed by atoms with Gasteiger partial charge in [-0.15, -0.1) is 11.8 Å². The van der Waals surface area contributed by atoms with E-state index >= 15 is 0 Å². The Labute approximate surface area is 136 Å². The number of rotatable bonds is 5. The molecule has 0 bridgehead atoms. The molecule has 1 aromatic heterocycles. The zero-order valence-electron chi connectivity index (χ0n) is 12.1. The maximum Gasteiger partial charge on any atom is 0.239 e. The highest BCUT2D eigenvalue weighted by atomic mass is 79.9. The number of aromatic nitrogens is 1. The Kier molecular flexibility index (Phi) is 5.47. The third-order valence-corrected chi connectivity index (χ3v) is 4.83. The number of nitrogens with zero attached hydrogens (tertiary/aromatic N) is 1. The molecule has 0 aliphatic carbocycles. The number of hydrogen-bond donors (Lipinski definition) is 1. The van der Waals surface area contributed by atoms with Gasteiger partial charge in [0.2, 0.25) is 5.91 Å². The zero-order chi connectivity index (χ0) is 15.4. The number of nitrogens with one attached hydrogen (secondary N) is 1. The van der Waals surface area contributed by atoms with Crippen LogP contribution in [0.5, 0.6) is 0 Å². The number of carbonyl (C=O) groups excluding carboxylic acids is 1. The highest BCUT2D eigenvalue weighted by molar-refractivity contribution is 9.10. The molecule has 1 atom stereocenters. The van der Waals surface area contributed by atoms with E-state index in [1.165, 1.54) is 0 Å². The first kappa shape index (κ1) is 16.1. The number of hydrogen-bond acceptors (Lipinski definition) is 4. The lowest BCUT2D eigenvalue weighted by Gasteiger charge is -2.19. The van der Waals surface area contributed by atoms with E-state index in [0.29, 0.717) is 11.6 Å². The molecule has 0 radical (unpaired) electrons. The Morgan fingerprint density at radius 3 is 2.71 bits per heavy atom. The minimum atomic E-state index is -0.198. The predicted octanol–water partition coefficient (Wildman–Crippen LogP) is 4.50. The maximum atomic E-state index is 12.4. The summed E-state index contributed by atoms with van der Waals surface area (Å²) in [4.78, 5) is 13.5. The lowest BCUT2D eigenvalue weighted by Crippen LogP contribution is -2.29. The number of anilines is 1. The number of aryl methyl sites for hydroxylation is 1. The quantitative estimate of drug-likeness (QED) is 0.789. The van der Waals surface area contributed by atoms with Gasteiger partial charge >= 0.3 is 0 Å². The Morgan fingerprint density at radius 2 is 2.14 bits per heavy atom. The van der Waals surface area contributed by atoms with Crippen LogP contribution in [0, 0.1) is 12.8 Å². The Balaban J connectivity index is 2.09. The first-order valence-electron chi connectivity index (χ1n) is 6.62. The SMILES string of the molecule is Cc1cc(NC(=O)C(Sc2cccc(Br)c2)C(C)C)no1. The molecule has 1 amide bonds. The number of carbonyl (C=O) groups is 1. The molecule has 1 aromatic carbocycles. The molecule has 0 aliphatic rings. The maximum absolute atomic E-state index is 12.4. The van der Waals surface area contributed by atoms with Crippen molar-refractivity contribution in [3.63, 3.8) is 0 Å². The van der Waals surface area contributed by atoms with Crippen LogP contribution < -0.4 is 5.32 Å². The topological polar surface area (TPSA) is 55.1 Å². The van der Waals surface area contributed by atoms with E-state index < -0.39 is 0 Å². The van der Waals surface area contributed by atoms with E-state index in [1.807, 2.05) is 38.1 Å². The fourth-order valence-corrected chi connectivity index (χ4v) is 3.44. The van der Waals surface area contributed by atoms with Crippen molar-refractivity contribution >= 4 is 39.4 Å². The van der Waals surface area contributed by atoms with Crippen molar-refractivity contribution < 1.29 is 9.32 Å². The Morgan fingerprint density at radius 1 is 1.38 bits per heavy atom. The lowest BCUT2D eigenvalue weighted by molar-refractivity contribution is -0.116. The molecule has 0 saturated carbocycles. The zero-order valence-corrected chi connectivity index (χ0v) is 14.5. The van der Waals surface area contributed by atoms with Gasteiger partial charge in [-0.2, -0.15) is 0 Å². The van der Waals surface area contributed by atoms with Crippen LogP contribution in [0.25, 0.3) is 0 Å². The minimum absolute atomic E-state index is 0.0664. The first-order valence-corrected chi connectivity index (χ1v) is 8.29. The van der Waals surface area contributed by atoms with Crippen molar-refractivity contribution in [3.05, 3.63) is 40.6 Å². The van der Waals surface area contributed by atoms with Crippen LogP contribution in [0.1, 0.15) is 19.6 Å². The molecule has 0 fully saturated rings. The van der Waals surface area contributed by atoms with Crippen molar-refractivity contribution in [2.45, 2.75) is 30.9 Å². The number of thioether (sulfide) groups is 1. The largest absolute Gasteiger partial charge is 0.360 e. The second kappa shape index (κ2) is 7.13. The molecule has 1 heterocycles. The summed E-state index contributed by atoms with van der Waals surface area (Å²) in [6, 6.07) is 9.64. The molecule has 1 unspecified atom stereocenters. The number of halogens is 1. The van der Waals surface area contributed by atoms with Gasteiger partial charge in [0.25, 0.3) is 0 Å². The molecule has 4 nitrogen and oxygen atoms in total. The van der Waals surface area contributed by atoms with Crippen LogP contribution >= 0.6 is 27.7 Å². The molecular formula is C15H17BrN2O2S.